The van der Waals surface area contributed by atoms with Gasteiger partial charge in [-0.1, -0.05) is 90.4 Å². The molecule has 0 spiro atoms. The Labute approximate surface area is 224 Å². The first kappa shape index (κ1) is 26.9. The Morgan fingerprint density at radius 1 is 0.811 bits per heavy atom. The molecule has 0 saturated carbocycles. The van der Waals surface area contributed by atoms with Gasteiger partial charge in [0, 0.05) is 18.0 Å². The molecular weight excluding hydrogens is 448 g/mol. The van der Waals surface area contributed by atoms with Crippen LogP contribution in [0.3, 0.4) is 0 Å². The highest BCUT2D eigenvalue weighted by molar-refractivity contribution is 5.76. The van der Waals surface area contributed by atoms with Crippen molar-refractivity contribution < 1.29 is 0 Å². The van der Waals surface area contributed by atoms with E-state index in [0.717, 1.165) is 12.2 Å². The third-order valence-corrected chi connectivity index (χ3v) is 7.24. The Morgan fingerprint density at radius 3 is 1.92 bits per heavy atom. The minimum atomic E-state index is 0.200. The van der Waals surface area contributed by atoms with Crippen molar-refractivity contribution in [1.82, 2.24) is 9.55 Å². The van der Waals surface area contributed by atoms with Gasteiger partial charge < -0.3 is 0 Å². The fourth-order valence-electron chi connectivity index (χ4n) is 5.77. The molecule has 0 aliphatic heterocycles. The van der Waals surface area contributed by atoms with E-state index >= 15 is 0 Å². The average Bonchev–Trinajstić information content (AvgIpc) is 3.26. The van der Waals surface area contributed by atoms with Crippen molar-refractivity contribution in [2.75, 3.05) is 0 Å². The Bertz CT molecular complexity index is 1360. The molecule has 4 aromatic rings. The molecule has 2 heteroatoms. The van der Waals surface area contributed by atoms with Crippen molar-refractivity contribution in [2.45, 2.75) is 87.5 Å². The van der Waals surface area contributed by atoms with E-state index in [9.17, 15) is 0 Å². The van der Waals surface area contributed by atoms with Crippen LogP contribution in [0.15, 0.2) is 60.9 Å². The van der Waals surface area contributed by atoms with E-state index in [1.165, 1.54) is 55.8 Å². The summed E-state index contributed by atoms with van der Waals surface area (Å²) >= 11 is 0. The second-order valence-corrected chi connectivity index (χ2v) is 12.6. The molecule has 4 rings (SSSR count). The number of benzene rings is 3. The molecule has 0 aliphatic rings. The number of hydrogen-bond donors (Lipinski definition) is 0. The lowest BCUT2D eigenvalue weighted by Crippen LogP contribution is -2.12. The van der Waals surface area contributed by atoms with Crippen molar-refractivity contribution in [3.05, 3.63) is 94.3 Å². The number of nitrogens with zero attached hydrogens (tertiary/aromatic N) is 2. The van der Waals surface area contributed by atoms with Crippen LogP contribution in [0.2, 0.25) is 0 Å². The highest BCUT2D eigenvalue weighted by Gasteiger charge is 2.23. The van der Waals surface area contributed by atoms with Crippen molar-refractivity contribution in [1.29, 1.82) is 0 Å². The largest absolute Gasteiger partial charge is 0.299 e. The molecule has 0 aliphatic carbocycles. The summed E-state index contributed by atoms with van der Waals surface area (Å²) in [4.78, 5) is 4.94. The topological polar surface area (TPSA) is 17.8 Å². The maximum Gasteiger partial charge on any atom is 0.144 e. The summed E-state index contributed by atoms with van der Waals surface area (Å²) in [6, 6.07) is 18.3. The second kappa shape index (κ2) is 10.3. The van der Waals surface area contributed by atoms with Gasteiger partial charge >= 0.3 is 0 Å². The molecule has 0 amide bonds. The summed E-state index contributed by atoms with van der Waals surface area (Å²) in [7, 11) is 0. The molecule has 0 N–H and O–H groups in total. The van der Waals surface area contributed by atoms with Crippen LogP contribution in [0.1, 0.15) is 93.7 Å². The van der Waals surface area contributed by atoms with Gasteiger partial charge in [-0.3, -0.25) is 4.57 Å². The Kier molecular flexibility index (Phi) is 7.51. The van der Waals surface area contributed by atoms with Crippen LogP contribution in [0.25, 0.3) is 28.2 Å². The zero-order valence-corrected chi connectivity index (χ0v) is 24.5. The third kappa shape index (κ3) is 5.59. The summed E-state index contributed by atoms with van der Waals surface area (Å²) < 4.78 is 2.35. The van der Waals surface area contributed by atoms with Crippen molar-refractivity contribution >= 4 is 0 Å². The normalized spacial score (nSPS) is 12.1. The fraction of sp³-hybridized carbons (Fsp3) is 0.400. The first-order chi connectivity index (χ1) is 17.4. The smallest absolute Gasteiger partial charge is 0.144 e. The van der Waals surface area contributed by atoms with Crippen LogP contribution in [0.4, 0.5) is 0 Å². The van der Waals surface area contributed by atoms with Gasteiger partial charge in [0.1, 0.15) is 5.82 Å². The van der Waals surface area contributed by atoms with Crippen molar-refractivity contribution in [2.24, 2.45) is 5.41 Å². The van der Waals surface area contributed by atoms with E-state index in [1.807, 2.05) is 6.20 Å². The average molecular weight is 493 g/mol. The lowest BCUT2D eigenvalue weighted by atomic mass is 9.85. The first-order valence-electron chi connectivity index (χ1n) is 13.8. The van der Waals surface area contributed by atoms with Gasteiger partial charge in [0.15, 0.2) is 0 Å². The highest BCUT2D eigenvalue weighted by atomic mass is 15.1. The Morgan fingerprint density at radius 2 is 1.38 bits per heavy atom. The SMILES string of the molecule is Cc1cc(C)c(-c2cc(C(C)C)c(-n3ccnc3-c3ccccc3CC(C)(C)C)c(C(C)C)c2)c(C)c1. The highest BCUT2D eigenvalue weighted by Crippen LogP contribution is 2.40. The molecule has 2 nitrogen and oxygen atoms in total. The minimum Gasteiger partial charge on any atom is -0.299 e. The minimum absolute atomic E-state index is 0.200. The Balaban J connectivity index is 1.99. The second-order valence-electron chi connectivity index (χ2n) is 12.6. The quantitative estimate of drug-likeness (QED) is 0.262. The zero-order valence-electron chi connectivity index (χ0n) is 24.5. The van der Waals surface area contributed by atoms with Gasteiger partial charge in [0.2, 0.25) is 0 Å². The summed E-state index contributed by atoms with van der Waals surface area (Å²) in [5.74, 6) is 1.77. The summed E-state index contributed by atoms with van der Waals surface area (Å²) in [5, 5.41) is 0. The summed E-state index contributed by atoms with van der Waals surface area (Å²) in [6.45, 7) is 22.8. The molecule has 37 heavy (non-hydrogen) atoms. The molecule has 0 atom stereocenters. The lowest BCUT2D eigenvalue weighted by molar-refractivity contribution is 0.411. The molecule has 3 aromatic carbocycles. The van der Waals surface area contributed by atoms with Gasteiger partial charge in [-0.05, 0) is 95.5 Å². The molecule has 0 unspecified atom stereocenters. The van der Waals surface area contributed by atoms with Crippen molar-refractivity contribution in [3.63, 3.8) is 0 Å². The van der Waals surface area contributed by atoms with E-state index in [4.69, 9.17) is 4.98 Å². The summed E-state index contributed by atoms with van der Waals surface area (Å²) in [5.41, 5.74) is 13.5. The summed E-state index contributed by atoms with van der Waals surface area (Å²) in [6.07, 6.45) is 5.12. The monoisotopic (exact) mass is 492 g/mol. The predicted molar refractivity (Wildman–Crippen MR) is 160 cm³/mol. The van der Waals surface area contributed by atoms with Gasteiger partial charge in [-0.2, -0.15) is 0 Å². The molecule has 1 aromatic heterocycles. The van der Waals surface area contributed by atoms with Gasteiger partial charge in [-0.15, -0.1) is 0 Å². The number of hydrogen-bond acceptors (Lipinski definition) is 1. The third-order valence-electron chi connectivity index (χ3n) is 7.24. The predicted octanol–water partition coefficient (Wildman–Crippen LogP) is 9.97. The molecular formula is C35H44N2. The van der Waals surface area contributed by atoms with E-state index in [1.54, 1.807) is 0 Å². The molecule has 0 saturated heterocycles. The van der Waals surface area contributed by atoms with E-state index < -0.39 is 0 Å². The van der Waals surface area contributed by atoms with Crippen LogP contribution in [-0.2, 0) is 6.42 Å². The lowest BCUT2D eigenvalue weighted by Gasteiger charge is -2.25. The van der Waals surface area contributed by atoms with Crippen LogP contribution in [-0.4, -0.2) is 9.55 Å². The zero-order chi connectivity index (χ0) is 27.1. The maximum atomic E-state index is 4.94. The van der Waals surface area contributed by atoms with Crippen LogP contribution < -0.4 is 0 Å². The first-order valence-corrected chi connectivity index (χ1v) is 13.8. The number of aryl methyl sites for hydroxylation is 3. The van der Waals surface area contributed by atoms with Crippen LogP contribution in [0, 0.1) is 26.2 Å². The molecule has 0 bridgehead atoms. The fourth-order valence-corrected chi connectivity index (χ4v) is 5.77. The van der Waals surface area contributed by atoms with Gasteiger partial charge in [0.05, 0.1) is 5.69 Å². The Hall–Kier alpha value is -3.13. The number of rotatable bonds is 6. The van der Waals surface area contributed by atoms with Gasteiger partial charge in [0.25, 0.3) is 0 Å². The molecule has 0 fully saturated rings. The van der Waals surface area contributed by atoms with E-state index in [0.29, 0.717) is 11.8 Å². The van der Waals surface area contributed by atoms with E-state index in [-0.39, 0.29) is 5.41 Å². The van der Waals surface area contributed by atoms with E-state index in [2.05, 4.69) is 129 Å². The number of aromatic nitrogens is 2. The molecule has 1 heterocycles. The van der Waals surface area contributed by atoms with Crippen LogP contribution in [0.5, 0.6) is 0 Å². The van der Waals surface area contributed by atoms with Gasteiger partial charge in [-0.25, -0.2) is 4.98 Å². The van der Waals surface area contributed by atoms with Crippen LogP contribution >= 0.6 is 0 Å². The molecule has 194 valence electrons. The molecule has 0 radical (unpaired) electrons. The van der Waals surface area contributed by atoms with Crippen molar-refractivity contribution in [3.8, 4) is 28.2 Å². The number of imidazole rings is 1. The maximum absolute atomic E-state index is 4.94. The standard InChI is InChI=1S/C35H44N2/c1-22(2)30-19-28(32-25(6)17-24(5)18-26(32)7)20-31(23(3)4)33(30)37-16-15-36-34(37)29-14-12-11-13-27(29)21-35(8,9)10/h11-20,22-23H,21H2,1-10H3.